The summed E-state index contributed by atoms with van der Waals surface area (Å²) in [5.74, 6) is -0.0388. The second-order valence-electron chi connectivity index (χ2n) is 5.68. The van der Waals surface area contributed by atoms with E-state index in [0.29, 0.717) is 6.54 Å². The highest BCUT2D eigenvalue weighted by atomic mass is 16.3. The monoisotopic (exact) mass is 264 g/mol. The molecule has 0 aliphatic heterocycles. The predicted octanol–water partition coefficient (Wildman–Crippen LogP) is 1.57. The van der Waals surface area contributed by atoms with E-state index in [-0.39, 0.29) is 18.5 Å². The third kappa shape index (κ3) is 6.36. The van der Waals surface area contributed by atoms with E-state index in [1.54, 1.807) is 13.8 Å². The zero-order valence-electron chi connectivity index (χ0n) is 12.2. The molecule has 0 bridgehead atoms. The average molecular weight is 264 g/mol. The number of carbonyl (C=O) groups excluding carboxylic acids is 1. The Labute approximate surface area is 115 Å². The van der Waals surface area contributed by atoms with Gasteiger partial charge in [0.25, 0.3) is 0 Å². The summed E-state index contributed by atoms with van der Waals surface area (Å²) < 4.78 is 0. The number of aliphatic hydroxyl groups is 1. The van der Waals surface area contributed by atoms with Gasteiger partial charge in [0, 0.05) is 6.54 Å². The van der Waals surface area contributed by atoms with Crippen LogP contribution in [0.1, 0.15) is 32.4 Å². The van der Waals surface area contributed by atoms with Gasteiger partial charge in [0.05, 0.1) is 18.2 Å². The van der Waals surface area contributed by atoms with Crippen LogP contribution in [0, 0.1) is 0 Å². The highest BCUT2D eigenvalue weighted by molar-refractivity contribution is 5.78. The molecule has 0 radical (unpaired) electrons. The SMILES string of the molecule is C[C@H](NC(=O)CN(C)CC(C)(C)O)c1ccccc1. The van der Waals surface area contributed by atoms with Gasteiger partial charge in [0.1, 0.15) is 0 Å². The van der Waals surface area contributed by atoms with E-state index in [9.17, 15) is 9.90 Å². The van der Waals surface area contributed by atoms with Crippen LogP contribution in [0.2, 0.25) is 0 Å². The number of amides is 1. The molecule has 0 aliphatic rings. The molecular weight excluding hydrogens is 240 g/mol. The van der Waals surface area contributed by atoms with Crippen molar-refractivity contribution in [2.24, 2.45) is 0 Å². The fraction of sp³-hybridized carbons (Fsp3) is 0.533. The molecule has 0 aromatic heterocycles. The molecule has 0 saturated heterocycles. The number of likely N-dealkylation sites (N-methyl/N-ethyl adjacent to an activating group) is 1. The summed E-state index contributed by atoms with van der Waals surface area (Å²) in [6, 6.07) is 9.84. The van der Waals surface area contributed by atoms with Crippen molar-refractivity contribution in [1.29, 1.82) is 0 Å². The summed E-state index contributed by atoms with van der Waals surface area (Å²) in [5, 5.41) is 12.6. The summed E-state index contributed by atoms with van der Waals surface area (Å²) in [6.45, 7) is 6.16. The van der Waals surface area contributed by atoms with Gasteiger partial charge in [-0.15, -0.1) is 0 Å². The number of benzene rings is 1. The predicted molar refractivity (Wildman–Crippen MR) is 76.8 cm³/mol. The Morgan fingerprint density at radius 2 is 1.95 bits per heavy atom. The number of hydrogen-bond donors (Lipinski definition) is 2. The van der Waals surface area contributed by atoms with Crippen molar-refractivity contribution in [3.8, 4) is 0 Å². The normalized spacial score (nSPS) is 13.4. The van der Waals surface area contributed by atoms with Gasteiger partial charge in [0.15, 0.2) is 0 Å². The number of rotatable bonds is 6. The molecule has 1 rings (SSSR count). The molecule has 2 N–H and O–H groups in total. The summed E-state index contributed by atoms with van der Waals surface area (Å²) >= 11 is 0. The number of nitrogens with zero attached hydrogens (tertiary/aromatic N) is 1. The molecule has 0 spiro atoms. The minimum Gasteiger partial charge on any atom is -0.389 e. The molecule has 1 atom stereocenters. The summed E-state index contributed by atoms with van der Waals surface area (Å²) in [4.78, 5) is 13.7. The Kier molecular flexibility index (Phi) is 5.51. The average Bonchev–Trinajstić information content (AvgIpc) is 2.27. The molecule has 0 unspecified atom stereocenters. The quantitative estimate of drug-likeness (QED) is 0.820. The zero-order valence-corrected chi connectivity index (χ0v) is 12.2. The Balaban J connectivity index is 2.43. The largest absolute Gasteiger partial charge is 0.389 e. The van der Waals surface area contributed by atoms with E-state index < -0.39 is 5.60 Å². The van der Waals surface area contributed by atoms with Gasteiger partial charge in [-0.05, 0) is 33.4 Å². The zero-order chi connectivity index (χ0) is 14.5. The van der Waals surface area contributed by atoms with Crippen LogP contribution >= 0.6 is 0 Å². The van der Waals surface area contributed by atoms with Gasteiger partial charge in [0.2, 0.25) is 5.91 Å². The van der Waals surface area contributed by atoms with Crippen molar-refractivity contribution >= 4 is 5.91 Å². The minimum atomic E-state index is -0.792. The van der Waals surface area contributed by atoms with E-state index in [1.807, 2.05) is 49.2 Å². The molecule has 4 heteroatoms. The van der Waals surface area contributed by atoms with Gasteiger partial charge in [-0.2, -0.15) is 0 Å². The van der Waals surface area contributed by atoms with Crippen LogP contribution in [0.3, 0.4) is 0 Å². The van der Waals surface area contributed by atoms with Crippen molar-refractivity contribution in [3.63, 3.8) is 0 Å². The maximum atomic E-state index is 11.9. The second kappa shape index (κ2) is 6.68. The van der Waals surface area contributed by atoms with Crippen LogP contribution in [-0.2, 0) is 4.79 Å². The summed E-state index contributed by atoms with van der Waals surface area (Å²) in [5.41, 5.74) is 0.293. The molecule has 0 aliphatic carbocycles. The first-order chi connectivity index (χ1) is 8.78. The highest BCUT2D eigenvalue weighted by Crippen LogP contribution is 2.11. The topological polar surface area (TPSA) is 52.6 Å². The van der Waals surface area contributed by atoms with Crippen molar-refractivity contribution in [3.05, 3.63) is 35.9 Å². The lowest BCUT2D eigenvalue weighted by molar-refractivity contribution is -0.123. The molecule has 1 amide bonds. The Morgan fingerprint density at radius 3 is 2.47 bits per heavy atom. The van der Waals surface area contributed by atoms with E-state index in [4.69, 9.17) is 0 Å². The number of hydrogen-bond acceptors (Lipinski definition) is 3. The fourth-order valence-corrected chi connectivity index (χ4v) is 2.07. The molecule has 0 fully saturated rings. The van der Waals surface area contributed by atoms with Gasteiger partial charge >= 0.3 is 0 Å². The molecule has 19 heavy (non-hydrogen) atoms. The minimum absolute atomic E-state index is 0.00997. The van der Waals surface area contributed by atoms with E-state index >= 15 is 0 Å². The molecule has 0 heterocycles. The molecule has 1 aromatic rings. The Morgan fingerprint density at radius 1 is 1.37 bits per heavy atom. The third-order valence-electron chi connectivity index (χ3n) is 2.75. The fourth-order valence-electron chi connectivity index (χ4n) is 2.07. The first-order valence-electron chi connectivity index (χ1n) is 6.53. The van der Waals surface area contributed by atoms with Crippen molar-refractivity contribution in [1.82, 2.24) is 10.2 Å². The third-order valence-corrected chi connectivity index (χ3v) is 2.75. The summed E-state index contributed by atoms with van der Waals surface area (Å²) in [7, 11) is 1.82. The maximum absolute atomic E-state index is 11.9. The lowest BCUT2D eigenvalue weighted by atomic mass is 10.1. The maximum Gasteiger partial charge on any atom is 0.234 e. The van der Waals surface area contributed by atoms with Crippen LogP contribution < -0.4 is 5.32 Å². The van der Waals surface area contributed by atoms with Crippen LogP contribution in [0.5, 0.6) is 0 Å². The summed E-state index contributed by atoms with van der Waals surface area (Å²) in [6.07, 6.45) is 0. The van der Waals surface area contributed by atoms with Crippen LogP contribution in [0.15, 0.2) is 30.3 Å². The number of nitrogens with one attached hydrogen (secondary N) is 1. The van der Waals surface area contributed by atoms with Crippen molar-refractivity contribution < 1.29 is 9.90 Å². The van der Waals surface area contributed by atoms with Crippen LogP contribution in [0.25, 0.3) is 0 Å². The highest BCUT2D eigenvalue weighted by Gasteiger charge is 2.18. The lowest BCUT2D eigenvalue weighted by Gasteiger charge is -2.25. The van der Waals surface area contributed by atoms with E-state index in [1.165, 1.54) is 0 Å². The molecule has 4 nitrogen and oxygen atoms in total. The van der Waals surface area contributed by atoms with Gasteiger partial charge in [-0.25, -0.2) is 0 Å². The second-order valence-corrected chi connectivity index (χ2v) is 5.68. The molecule has 106 valence electrons. The van der Waals surface area contributed by atoms with Gasteiger partial charge in [-0.3, -0.25) is 9.69 Å². The standard InChI is InChI=1S/C15H24N2O2/c1-12(13-8-6-5-7-9-13)16-14(18)10-17(4)11-15(2,3)19/h5-9,12,19H,10-11H2,1-4H3,(H,16,18)/t12-/m0/s1. The van der Waals surface area contributed by atoms with E-state index in [0.717, 1.165) is 5.56 Å². The van der Waals surface area contributed by atoms with Crippen molar-refractivity contribution in [2.75, 3.05) is 20.1 Å². The Hall–Kier alpha value is -1.39. The first kappa shape index (κ1) is 15.7. The lowest BCUT2D eigenvalue weighted by Crippen LogP contribution is -2.42. The van der Waals surface area contributed by atoms with Gasteiger partial charge < -0.3 is 10.4 Å². The van der Waals surface area contributed by atoms with E-state index in [2.05, 4.69) is 5.32 Å². The Bertz CT molecular complexity index is 398. The molecular formula is C15H24N2O2. The molecule has 1 aromatic carbocycles. The van der Waals surface area contributed by atoms with Crippen LogP contribution in [-0.4, -0.2) is 41.7 Å². The number of carbonyl (C=O) groups is 1. The first-order valence-corrected chi connectivity index (χ1v) is 6.53. The molecule has 0 saturated carbocycles. The van der Waals surface area contributed by atoms with Crippen molar-refractivity contribution in [2.45, 2.75) is 32.4 Å². The van der Waals surface area contributed by atoms with Gasteiger partial charge in [-0.1, -0.05) is 30.3 Å². The smallest absolute Gasteiger partial charge is 0.234 e. The van der Waals surface area contributed by atoms with Crippen LogP contribution in [0.4, 0.5) is 0 Å².